The molecule has 0 aliphatic heterocycles. The van der Waals surface area contributed by atoms with E-state index < -0.39 is 24.6 Å². The Morgan fingerprint density at radius 2 is 2.00 bits per heavy atom. The Kier molecular flexibility index (Phi) is 3.37. The normalized spacial score (nSPS) is 16.9. The molecule has 4 heteroatoms. The molecule has 3 N–H and O–H groups in total. The molecule has 0 saturated heterocycles. The third-order valence-electron chi connectivity index (χ3n) is 0.968. The Labute approximate surface area is 52.7 Å². The largest absolute Gasteiger partial charge is 0.394 e. The van der Waals surface area contributed by atoms with Crippen LogP contribution in [-0.2, 0) is 4.79 Å². The van der Waals surface area contributed by atoms with E-state index in [-0.39, 0.29) is 0 Å². The number of carbonyl (C=O) groups excluding carboxylic acids is 1. The third kappa shape index (κ3) is 2.55. The Bertz CT molecular complexity index is 101. The van der Waals surface area contributed by atoms with Crippen molar-refractivity contribution in [3.8, 4) is 0 Å². The smallest absolute Gasteiger partial charge is 0.160 e. The molecule has 0 aliphatic rings. The lowest BCUT2D eigenvalue weighted by Crippen LogP contribution is -2.34. The lowest BCUT2D eigenvalue weighted by Gasteiger charge is -2.10. The summed E-state index contributed by atoms with van der Waals surface area (Å²) >= 11 is 0. The topological polar surface area (TPSA) is 77.8 Å². The van der Waals surface area contributed by atoms with E-state index in [9.17, 15) is 4.79 Å². The molecule has 2 atom stereocenters. The van der Waals surface area contributed by atoms with Crippen molar-refractivity contribution in [3.63, 3.8) is 0 Å². The molecule has 0 unspecified atom stereocenters. The number of aliphatic hydroxyl groups excluding tert-OH is 3. The molecule has 0 aromatic rings. The van der Waals surface area contributed by atoms with Gasteiger partial charge < -0.3 is 15.3 Å². The summed E-state index contributed by atoms with van der Waals surface area (Å²) < 4.78 is 0. The Morgan fingerprint density at radius 3 is 2.11 bits per heavy atom. The lowest BCUT2D eigenvalue weighted by atomic mass is 10.1. The first kappa shape index (κ1) is 8.55. The molecule has 0 bridgehead atoms. The van der Waals surface area contributed by atoms with E-state index in [1.165, 1.54) is 0 Å². The number of rotatable bonds is 3. The molecular weight excluding hydrogens is 124 g/mol. The maximum Gasteiger partial charge on any atom is 0.160 e. The molecule has 0 aliphatic carbocycles. The monoisotopic (exact) mass is 134 g/mol. The van der Waals surface area contributed by atoms with Crippen molar-refractivity contribution in [3.05, 3.63) is 0 Å². The summed E-state index contributed by atoms with van der Waals surface area (Å²) in [5.41, 5.74) is 0. The fourth-order valence-electron chi connectivity index (χ4n) is 0.371. The molecule has 4 nitrogen and oxygen atoms in total. The van der Waals surface area contributed by atoms with E-state index in [2.05, 4.69) is 0 Å². The van der Waals surface area contributed by atoms with Gasteiger partial charge >= 0.3 is 0 Å². The van der Waals surface area contributed by atoms with E-state index >= 15 is 0 Å². The van der Waals surface area contributed by atoms with Crippen LogP contribution in [-0.4, -0.2) is 39.9 Å². The molecule has 0 amide bonds. The van der Waals surface area contributed by atoms with E-state index in [0.717, 1.165) is 6.92 Å². The van der Waals surface area contributed by atoms with Crippen LogP contribution in [0.5, 0.6) is 0 Å². The SMILES string of the molecule is CC(=O)[C@@H](O)[C@@H](O)CO. The summed E-state index contributed by atoms with van der Waals surface area (Å²) in [5.74, 6) is -0.545. The minimum absolute atomic E-state index is 0.545. The van der Waals surface area contributed by atoms with Gasteiger partial charge in [-0.1, -0.05) is 0 Å². The minimum Gasteiger partial charge on any atom is -0.394 e. The van der Waals surface area contributed by atoms with Gasteiger partial charge in [0, 0.05) is 0 Å². The summed E-state index contributed by atoms with van der Waals surface area (Å²) in [6.07, 6.45) is -2.79. The first-order chi connectivity index (χ1) is 4.09. The number of hydrogen-bond acceptors (Lipinski definition) is 4. The second-order valence-corrected chi connectivity index (χ2v) is 1.81. The highest BCUT2D eigenvalue weighted by molar-refractivity contribution is 5.80. The van der Waals surface area contributed by atoms with Crippen LogP contribution in [0.4, 0.5) is 0 Å². The predicted molar refractivity (Wildman–Crippen MR) is 29.8 cm³/mol. The van der Waals surface area contributed by atoms with Crippen molar-refractivity contribution in [2.24, 2.45) is 0 Å². The molecule has 0 saturated carbocycles. The Morgan fingerprint density at radius 1 is 1.56 bits per heavy atom. The van der Waals surface area contributed by atoms with Crippen LogP contribution in [0.1, 0.15) is 6.92 Å². The second-order valence-electron chi connectivity index (χ2n) is 1.81. The quantitative estimate of drug-likeness (QED) is 0.429. The van der Waals surface area contributed by atoms with Crippen LogP contribution in [0, 0.1) is 0 Å². The van der Waals surface area contributed by atoms with E-state index in [0.29, 0.717) is 0 Å². The number of aliphatic hydroxyl groups is 3. The highest BCUT2D eigenvalue weighted by atomic mass is 16.4. The molecule has 0 rings (SSSR count). The average Bonchev–Trinajstić information content (AvgIpc) is 1.84. The van der Waals surface area contributed by atoms with E-state index in [4.69, 9.17) is 15.3 Å². The Hall–Kier alpha value is -0.450. The Balaban J connectivity index is 3.72. The first-order valence-corrected chi connectivity index (χ1v) is 2.57. The van der Waals surface area contributed by atoms with Gasteiger partial charge in [-0.3, -0.25) is 4.79 Å². The second kappa shape index (κ2) is 3.55. The van der Waals surface area contributed by atoms with E-state index in [1.807, 2.05) is 0 Å². The minimum atomic E-state index is -1.45. The fourth-order valence-corrected chi connectivity index (χ4v) is 0.371. The molecule has 0 aromatic heterocycles. The van der Waals surface area contributed by atoms with Crippen LogP contribution < -0.4 is 0 Å². The fraction of sp³-hybridized carbons (Fsp3) is 0.800. The third-order valence-corrected chi connectivity index (χ3v) is 0.968. The molecule has 54 valence electrons. The molecule has 0 fully saturated rings. The summed E-state index contributed by atoms with van der Waals surface area (Å²) in [5, 5.41) is 25.4. The molecular formula is C5H10O4. The summed E-state index contributed by atoms with van der Waals surface area (Å²) in [6, 6.07) is 0. The van der Waals surface area contributed by atoms with Gasteiger partial charge in [0.15, 0.2) is 5.78 Å². The van der Waals surface area contributed by atoms with Gasteiger partial charge in [-0.25, -0.2) is 0 Å². The number of ketones is 1. The van der Waals surface area contributed by atoms with Crippen LogP contribution in [0.25, 0.3) is 0 Å². The van der Waals surface area contributed by atoms with Gasteiger partial charge in [0.25, 0.3) is 0 Å². The van der Waals surface area contributed by atoms with Crippen LogP contribution in [0.15, 0.2) is 0 Å². The van der Waals surface area contributed by atoms with Gasteiger partial charge in [0.05, 0.1) is 6.61 Å². The molecule has 0 aromatic carbocycles. The first-order valence-electron chi connectivity index (χ1n) is 2.57. The zero-order valence-electron chi connectivity index (χ0n) is 5.11. The van der Waals surface area contributed by atoms with Crippen molar-refractivity contribution >= 4 is 5.78 Å². The molecule has 0 spiro atoms. The van der Waals surface area contributed by atoms with Gasteiger partial charge in [0.1, 0.15) is 12.2 Å². The van der Waals surface area contributed by atoms with Crippen molar-refractivity contribution in [1.29, 1.82) is 0 Å². The molecule has 9 heavy (non-hydrogen) atoms. The summed E-state index contributed by atoms with van der Waals surface area (Å²) in [7, 11) is 0. The van der Waals surface area contributed by atoms with Gasteiger partial charge in [-0.2, -0.15) is 0 Å². The van der Waals surface area contributed by atoms with Crippen molar-refractivity contribution in [2.75, 3.05) is 6.61 Å². The molecule has 0 radical (unpaired) electrons. The summed E-state index contributed by atoms with van der Waals surface area (Å²) in [4.78, 5) is 10.2. The maximum absolute atomic E-state index is 10.2. The number of carbonyl (C=O) groups is 1. The number of hydrogen-bond donors (Lipinski definition) is 3. The van der Waals surface area contributed by atoms with Crippen LogP contribution in [0.2, 0.25) is 0 Å². The van der Waals surface area contributed by atoms with E-state index in [1.54, 1.807) is 0 Å². The predicted octanol–water partition coefficient (Wildman–Crippen LogP) is -1.71. The average molecular weight is 134 g/mol. The van der Waals surface area contributed by atoms with Crippen LogP contribution >= 0.6 is 0 Å². The van der Waals surface area contributed by atoms with Gasteiger partial charge in [0.2, 0.25) is 0 Å². The zero-order chi connectivity index (χ0) is 7.44. The maximum atomic E-state index is 10.2. The highest BCUT2D eigenvalue weighted by Crippen LogP contribution is 1.92. The summed E-state index contributed by atoms with van der Waals surface area (Å²) in [6.45, 7) is 0.546. The van der Waals surface area contributed by atoms with Crippen molar-refractivity contribution in [1.82, 2.24) is 0 Å². The van der Waals surface area contributed by atoms with Gasteiger partial charge in [-0.15, -0.1) is 0 Å². The van der Waals surface area contributed by atoms with Crippen molar-refractivity contribution in [2.45, 2.75) is 19.1 Å². The van der Waals surface area contributed by atoms with Crippen LogP contribution in [0.3, 0.4) is 0 Å². The zero-order valence-corrected chi connectivity index (χ0v) is 5.11. The number of Topliss-reactive ketones (excluding diaryl/α,β-unsaturated/α-hetero) is 1. The highest BCUT2D eigenvalue weighted by Gasteiger charge is 2.18. The standard InChI is InChI=1S/C5H10O4/c1-3(7)5(9)4(8)2-6/h4-6,8-9H,2H2,1H3/t4-,5+/m0/s1. The van der Waals surface area contributed by atoms with Crippen molar-refractivity contribution < 1.29 is 20.1 Å². The lowest BCUT2D eigenvalue weighted by molar-refractivity contribution is -0.132. The molecule has 0 heterocycles. The van der Waals surface area contributed by atoms with Gasteiger partial charge in [-0.05, 0) is 6.92 Å².